The van der Waals surface area contributed by atoms with Crippen molar-refractivity contribution in [3.05, 3.63) is 29.8 Å². The standard InChI is InChI=1S/C15H24O3/c1-3-5-14-6-8-15(9-7-14)18-11-4-10-17-13-12-16-2/h6-9H,3-5,10-13H2,1-2H3. The molecule has 0 aliphatic rings. The van der Waals surface area contributed by atoms with E-state index >= 15 is 0 Å². The van der Waals surface area contributed by atoms with Crippen molar-refractivity contribution in [1.82, 2.24) is 0 Å². The second kappa shape index (κ2) is 9.92. The summed E-state index contributed by atoms with van der Waals surface area (Å²) in [5.74, 6) is 0.937. The van der Waals surface area contributed by atoms with Gasteiger partial charge in [0.05, 0.1) is 19.8 Å². The average Bonchev–Trinajstić information content (AvgIpc) is 2.40. The summed E-state index contributed by atoms with van der Waals surface area (Å²) in [6.45, 7) is 4.91. The van der Waals surface area contributed by atoms with Gasteiger partial charge >= 0.3 is 0 Å². The van der Waals surface area contributed by atoms with Crippen LogP contribution in [0.15, 0.2) is 24.3 Å². The second-order valence-corrected chi connectivity index (χ2v) is 4.20. The number of methoxy groups -OCH3 is 1. The molecule has 0 bridgehead atoms. The smallest absolute Gasteiger partial charge is 0.119 e. The molecule has 0 aliphatic carbocycles. The van der Waals surface area contributed by atoms with Crippen molar-refractivity contribution < 1.29 is 14.2 Å². The maximum atomic E-state index is 5.63. The van der Waals surface area contributed by atoms with Gasteiger partial charge in [-0.3, -0.25) is 0 Å². The number of aryl methyl sites for hydroxylation is 1. The lowest BCUT2D eigenvalue weighted by atomic mass is 10.1. The van der Waals surface area contributed by atoms with E-state index in [1.54, 1.807) is 7.11 Å². The topological polar surface area (TPSA) is 27.7 Å². The zero-order valence-corrected chi connectivity index (χ0v) is 11.5. The van der Waals surface area contributed by atoms with Gasteiger partial charge in [0.2, 0.25) is 0 Å². The highest BCUT2D eigenvalue weighted by Gasteiger charge is 1.95. The molecular weight excluding hydrogens is 228 g/mol. The monoisotopic (exact) mass is 252 g/mol. The summed E-state index contributed by atoms with van der Waals surface area (Å²) in [4.78, 5) is 0. The van der Waals surface area contributed by atoms with Gasteiger partial charge in [0.15, 0.2) is 0 Å². The van der Waals surface area contributed by atoms with E-state index < -0.39 is 0 Å². The fourth-order valence-corrected chi connectivity index (χ4v) is 1.64. The van der Waals surface area contributed by atoms with Crippen LogP contribution in [-0.2, 0) is 15.9 Å². The van der Waals surface area contributed by atoms with Crippen LogP contribution in [0.1, 0.15) is 25.3 Å². The molecule has 0 aliphatic heterocycles. The van der Waals surface area contributed by atoms with Crippen molar-refractivity contribution in [2.45, 2.75) is 26.2 Å². The van der Waals surface area contributed by atoms with Gasteiger partial charge < -0.3 is 14.2 Å². The van der Waals surface area contributed by atoms with Crippen LogP contribution >= 0.6 is 0 Å². The minimum Gasteiger partial charge on any atom is -0.494 e. The largest absolute Gasteiger partial charge is 0.494 e. The average molecular weight is 252 g/mol. The molecule has 3 heteroatoms. The lowest BCUT2D eigenvalue weighted by Crippen LogP contribution is -2.06. The lowest BCUT2D eigenvalue weighted by Gasteiger charge is -2.07. The van der Waals surface area contributed by atoms with Crippen LogP contribution in [-0.4, -0.2) is 33.5 Å². The Morgan fingerprint density at radius 1 is 0.944 bits per heavy atom. The van der Waals surface area contributed by atoms with Crippen LogP contribution in [0, 0.1) is 0 Å². The van der Waals surface area contributed by atoms with Crippen molar-refractivity contribution in [2.24, 2.45) is 0 Å². The van der Waals surface area contributed by atoms with E-state index in [2.05, 4.69) is 19.1 Å². The molecule has 1 rings (SSSR count). The highest BCUT2D eigenvalue weighted by Crippen LogP contribution is 2.13. The zero-order chi connectivity index (χ0) is 13.1. The molecular formula is C15H24O3. The van der Waals surface area contributed by atoms with Gasteiger partial charge in [-0.25, -0.2) is 0 Å². The molecule has 102 valence electrons. The molecule has 0 spiro atoms. The van der Waals surface area contributed by atoms with Crippen molar-refractivity contribution in [3.63, 3.8) is 0 Å². The van der Waals surface area contributed by atoms with Crippen LogP contribution in [0.5, 0.6) is 5.75 Å². The van der Waals surface area contributed by atoms with E-state index in [0.29, 0.717) is 19.8 Å². The van der Waals surface area contributed by atoms with Crippen molar-refractivity contribution >= 4 is 0 Å². The Kier molecular flexibility index (Phi) is 8.26. The molecule has 0 atom stereocenters. The highest BCUT2D eigenvalue weighted by atomic mass is 16.5. The van der Waals surface area contributed by atoms with Crippen LogP contribution in [0.25, 0.3) is 0 Å². The Hall–Kier alpha value is -1.06. The third kappa shape index (κ3) is 6.62. The summed E-state index contributed by atoms with van der Waals surface area (Å²) >= 11 is 0. The first-order chi connectivity index (χ1) is 8.86. The van der Waals surface area contributed by atoms with Crippen LogP contribution < -0.4 is 4.74 Å². The molecule has 1 aromatic carbocycles. The summed E-state index contributed by atoms with van der Waals surface area (Å²) in [5.41, 5.74) is 1.37. The Labute approximate surface area is 110 Å². The summed E-state index contributed by atoms with van der Waals surface area (Å²) in [7, 11) is 1.68. The number of hydrogen-bond donors (Lipinski definition) is 0. The molecule has 0 amide bonds. The van der Waals surface area contributed by atoms with Crippen LogP contribution in [0.2, 0.25) is 0 Å². The maximum absolute atomic E-state index is 5.63. The van der Waals surface area contributed by atoms with E-state index in [9.17, 15) is 0 Å². The van der Waals surface area contributed by atoms with Gasteiger partial charge in [0.25, 0.3) is 0 Å². The van der Waals surface area contributed by atoms with E-state index in [4.69, 9.17) is 14.2 Å². The molecule has 0 radical (unpaired) electrons. The number of rotatable bonds is 10. The van der Waals surface area contributed by atoms with Gasteiger partial charge in [-0.1, -0.05) is 25.5 Å². The van der Waals surface area contributed by atoms with E-state index in [1.807, 2.05) is 12.1 Å². The highest BCUT2D eigenvalue weighted by molar-refractivity contribution is 5.27. The Morgan fingerprint density at radius 3 is 2.39 bits per heavy atom. The van der Waals surface area contributed by atoms with Gasteiger partial charge in [0.1, 0.15) is 5.75 Å². The first-order valence-corrected chi connectivity index (χ1v) is 6.65. The third-order valence-electron chi connectivity index (χ3n) is 2.60. The van der Waals surface area contributed by atoms with Gasteiger partial charge in [-0.2, -0.15) is 0 Å². The first kappa shape index (κ1) is 15.0. The fourth-order valence-electron chi connectivity index (χ4n) is 1.64. The molecule has 0 heterocycles. The molecule has 0 saturated carbocycles. The van der Waals surface area contributed by atoms with Crippen molar-refractivity contribution in [1.29, 1.82) is 0 Å². The second-order valence-electron chi connectivity index (χ2n) is 4.20. The number of hydrogen-bond acceptors (Lipinski definition) is 3. The maximum Gasteiger partial charge on any atom is 0.119 e. The Morgan fingerprint density at radius 2 is 1.72 bits per heavy atom. The number of ether oxygens (including phenoxy) is 3. The summed E-state index contributed by atoms with van der Waals surface area (Å²) in [6, 6.07) is 8.34. The minimum absolute atomic E-state index is 0.653. The molecule has 18 heavy (non-hydrogen) atoms. The molecule has 0 saturated heterocycles. The molecule has 1 aromatic rings. The van der Waals surface area contributed by atoms with Gasteiger partial charge in [-0.15, -0.1) is 0 Å². The zero-order valence-electron chi connectivity index (χ0n) is 11.5. The minimum atomic E-state index is 0.653. The third-order valence-corrected chi connectivity index (χ3v) is 2.60. The summed E-state index contributed by atoms with van der Waals surface area (Å²) < 4.78 is 15.9. The van der Waals surface area contributed by atoms with Gasteiger partial charge in [0, 0.05) is 20.1 Å². The van der Waals surface area contributed by atoms with E-state index in [-0.39, 0.29) is 0 Å². The Balaban J connectivity index is 2.08. The van der Waals surface area contributed by atoms with Crippen LogP contribution in [0.3, 0.4) is 0 Å². The van der Waals surface area contributed by atoms with Gasteiger partial charge in [-0.05, 0) is 24.1 Å². The number of benzene rings is 1. The lowest BCUT2D eigenvalue weighted by molar-refractivity contribution is 0.0644. The molecule has 0 unspecified atom stereocenters. The predicted molar refractivity (Wildman–Crippen MR) is 73.2 cm³/mol. The molecule has 0 fully saturated rings. The Bertz CT molecular complexity index is 295. The quantitative estimate of drug-likeness (QED) is 0.599. The van der Waals surface area contributed by atoms with E-state index in [1.165, 1.54) is 12.0 Å². The van der Waals surface area contributed by atoms with Crippen molar-refractivity contribution in [2.75, 3.05) is 33.5 Å². The molecule has 3 nitrogen and oxygen atoms in total. The summed E-state index contributed by atoms with van der Waals surface area (Å²) in [6.07, 6.45) is 3.22. The normalized spacial score (nSPS) is 10.6. The molecule has 0 aromatic heterocycles. The van der Waals surface area contributed by atoms with E-state index in [0.717, 1.165) is 25.2 Å². The molecule has 0 N–H and O–H groups in total. The fraction of sp³-hybridized carbons (Fsp3) is 0.600. The first-order valence-electron chi connectivity index (χ1n) is 6.65. The van der Waals surface area contributed by atoms with Crippen LogP contribution in [0.4, 0.5) is 0 Å². The SMILES string of the molecule is CCCc1ccc(OCCCOCCOC)cc1. The summed E-state index contributed by atoms with van der Waals surface area (Å²) in [5, 5.41) is 0. The predicted octanol–water partition coefficient (Wildman–Crippen LogP) is 3.07. The van der Waals surface area contributed by atoms with Crippen molar-refractivity contribution in [3.8, 4) is 5.75 Å².